The summed E-state index contributed by atoms with van der Waals surface area (Å²) in [5, 5.41) is 9.74. The molecule has 6 nitrogen and oxygen atoms in total. The summed E-state index contributed by atoms with van der Waals surface area (Å²) < 4.78 is 7.38. The Morgan fingerprint density at radius 2 is 1.78 bits per heavy atom. The second-order valence-electron chi connectivity index (χ2n) is 8.95. The van der Waals surface area contributed by atoms with Crippen molar-refractivity contribution in [2.24, 2.45) is 0 Å². The molecule has 0 saturated heterocycles. The van der Waals surface area contributed by atoms with Gasteiger partial charge in [0.15, 0.2) is 0 Å². The van der Waals surface area contributed by atoms with E-state index in [0.717, 1.165) is 27.7 Å². The lowest BCUT2D eigenvalue weighted by molar-refractivity contribution is 0.0467. The van der Waals surface area contributed by atoms with Gasteiger partial charge in [-0.15, -0.1) is 5.10 Å². The van der Waals surface area contributed by atoms with Crippen molar-refractivity contribution in [2.75, 3.05) is 0 Å². The minimum Gasteiger partial charge on any atom is -0.455 e. The van der Waals surface area contributed by atoms with Crippen LogP contribution in [0.15, 0.2) is 79.0 Å². The average molecular weight is 497 g/mol. The maximum atomic E-state index is 13.4. The number of pyridine rings is 1. The second-order valence-corrected chi connectivity index (χ2v) is 9.39. The number of carbonyl (C=O) groups excluding carboxylic acids is 1. The highest BCUT2D eigenvalue weighted by molar-refractivity contribution is 6.31. The fraction of sp³-hybridized carbons (Fsp3) is 0.172. The fourth-order valence-corrected chi connectivity index (χ4v) is 4.40. The number of hydrogen-bond acceptors (Lipinski definition) is 5. The van der Waals surface area contributed by atoms with Crippen molar-refractivity contribution in [2.45, 2.75) is 33.3 Å². The van der Waals surface area contributed by atoms with Gasteiger partial charge in [-0.3, -0.25) is 4.98 Å². The average Bonchev–Trinajstić information content (AvgIpc) is 3.36. The van der Waals surface area contributed by atoms with E-state index in [2.05, 4.69) is 41.3 Å². The van der Waals surface area contributed by atoms with Crippen molar-refractivity contribution >= 4 is 28.5 Å². The summed E-state index contributed by atoms with van der Waals surface area (Å²) in [6.45, 7) is 6.11. The third-order valence-electron chi connectivity index (χ3n) is 6.11. The van der Waals surface area contributed by atoms with Crippen molar-refractivity contribution in [1.29, 1.82) is 0 Å². The molecule has 5 rings (SSSR count). The number of rotatable bonds is 6. The van der Waals surface area contributed by atoms with Crippen LogP contribution in [-0.4, -0.2) is 25.9 Å². The normalized spacial score (nSPS) is 11.2. The van der Waals surface area contributed by atoms with Crippen molar-refractivity contribution < 1.29 is 9.53 Å². The van der Waals surface area contributed by atoms with Gasteiger partial charge < -0.3 is 4.74 Å². The van der Waals surface area contributed by atoms with Crippen molar-refractivity contribution in [3.63, 3.8) is 0 Å². The van der Waals surface area contributed by atoms with Crippen LogP contribution in [0.4, 0.5) is 0 Å². The van der Waals surface area contributed by atoms with Gasteiger partial charge in [-0.1, -0.05) is 73.1 Å². The van der Waals surface area contributed by atoms with Crippen LogP contribution >= 0.6 is 11.6 Å². The van der Waals surface area contributed by atoms with Gasteiger partial charge in [-0.25, -0.2) is 9.48 Å². The van der Waals surface area contributed by atoms with Gasteiger partial charge in [-0.05, 0) is 54.3 Å². The van der Waals surface area contributed by atoms with Gasteiger partial charge in [-0.2, -0.15) is 0 Å². The Kier molecular flexibility index (Phi) is 6.53. The zero-order valence-corrected chi connectivity index (χ0v) is 21.0. The molecule has 7 heteroatoms. The molecular weight excluding hydrogens is 472 g/mol. The number of halogens is 1. The largest absolute Gasteiger partial charge is 0.455 e. The molecule has 2 aromatic heterocycles. The van der Waals surface area contributed by atoms with Crippen LogP contribution in [0.25, 0.3) is 27.7 Å². The van der Waals surface area contributed by atoms with Crippen molar-refractivity contribution in [1.82, 2.24) is 20.0 Å². The number of hydrogen-bond donors (Lipinski definition) is 0. The zero-order valence-electron chi connectivity index (χ0n) is 20.3. The maximum Gasteiger partial charge on any atom is 0.341 e. The van der Waals surface area contributed by atoms with E-state index in [1.807, 2.05) is 61.5 Å². The number of ether oxygens (including phenoxy) is 1. The summed E-state index contributed by atoms with van der Waals surface area (Å²) in [4.78, 5) is 18.0. The highest BCUT2D eigenvalue weighted by Crippen LogP contribution is 2.35. The Morgan fingerprint density at radius 1 is 1.03 bits per heavy atom. The first kappa shape index (κ1) is 23.7. The van der Waals surface area contributed by atoms with Gasteiger partial charge in [0.2, 0.25) is 0 Å². The zero-order chi connectivity index (χ0) is 25.2. The van der Waals surface area contributed by atoms with Gasteiger partial charge in [0.25, 0.3) is 0 Å². The standard InChI is InChI=1S/C29H25ClN4O2/c1-18(2)20-9-12-24(13-10-20)34-16-23(32-33-34)17-36-29(35)27-19(3)31-26-14-11-22(30)15-25(26)28(27)21-7-5-4-6-8-21/h4-16,18H,17H2,1-3H3. The number of carbonyl (C=O) groups is 1. The molecule has 0 atom stereocenters. The lowest BCUT2D eigenvalue weighted by atomic mass is 9.94. The quantitative estimate of drug-likeness (QED) is 0.238. The van der Waals surface area contributed by atoms with E-state index in [4.69, 9.17) is 16.3 Å². The van der Waals surface area contributed by atoms with E-state index in [-0.39, 0.29) is 6.61 Å². The highest BCUT2D eigenvalue weighted by atomic mass is 35.5. The SMILES string of the molecule is Cc1nc2ccc(Cl)cc2c(-c2ccccc2)c1C(=O)OCc1cn(-c2ccc(C(C)C)cc2)nn1. The van der Waals surface area contributed by atoms with E-state index in [9.17, 15) is 4.79 Å². The lowest BCUT2D eigenvalue weighted by Gasteiger charge is -2.15. The van der Waals surface area contributed by atoms with Crippen molar-refractivity contribution in [3.05, 3.63) is 107 Å². The Morgan fingerprint density at radius 3 is 2.50 bits per heavy atom. The van der Waals surface area contributed by atoms with Crippen LogP contribution in [0.1, 0.15) is 47.1 Å². The van der Waals surface area contributed by atoms with Crippen LogP contribution in [0.5, 0.6) is 0 Å². The summed E-state index contributed by atoms with van der Waals surface area (Å²) in [5.74, 6) is -0.0220. The molecule has 5 aromatic rings. The van der Waals surface area contributed by atoms with Crippen LogP contribution < -0.4 is 0 Å². The number of esters is 1. The van der Waals surface area contributed by atoms with E-state index in [1.165, 1.54) is 5.56 Å². The Bertz CT molecular complexity index is 1540. The van der Waals surface area contributed by atoms with E-state index in [0.29, 0.717) is 27.9 Å². The summed E-state index contributed by atoms with van der Waals surface area (Å²) in [6.07, 6.45) is 1.76. The molecule has 0 unspecified atom stereocenters. The molecule has 0 aliphatic heterocycles. The van der Waals surface area contributed by atoms with Crippen LogP contribution in [0.3, 0.4) is 0 Å². The molecule has 0 fully saturated rings. The molecule has 0 amide bonds. The smallest absolute Gasteiger partial charge is 0.341 e. The Hall–Kier alpha value is -4.03. The van der Waals surface area contributed by atoms with Gasteiger partial charge in [0.05, 0.1) is 28.7 Å². The Balaban J connectivity index is 1.44. The number of nitrogens with zero attached hydrogens (tertiary/aromatic N) is 4. The third kappa shape index (κ3) is 4.72. The van der Waals surface area contributed by atoms with E-state index in [1.54, 1.807) is 16.9 Å². The summed E-state index contributed by atoms with van der Waals surface area (Å²) in [7, 11) is 0. The Labute approximate surface area is 214 Å². The number of aromatic nitrogens is 4. The molecule has 2 heterocycles. The molecule has 0 saturated carbocycles. The number of aryl methyl sites for hydroxylation is 1. The predicted molar refractivity (Wildman–Crippen MR) is 141 cm³/mol. The fourth-order valence-electron chi connectivity index (χ4n) is 4.23. The minimum absolute atomic E-state index is 0.00976. The molecule has 0 spiro atoms. The predicted octanol–water partition coefficient (Wildman–Crippen LogP) is 6.92. The van der Waals surface area contributed by atoms with Crippen LogP contribution in [0, 0.1) is 6.92 Å². The van der Waals surface area contributed by atoms with Gasteiger partial charge in [0.1, 0.15) is 12.3 Å². The molecule has 0 aliphatic rings. The highest BCUT2D eigenvalue weighted by Gasteiger charge is 2.22. The van der Waals surface area contributed by atoms with Crippen LogP contribution in [-0.2, 0) is 11.3 Å². The van der Waals surface area contributed by atoms with E-state index >= 15 is 0 Å². The van der Waals surface area contributed by atoms with Gasteiger partial charge >= 0.3 is 5.97 Å². The van der Waals surface area contributed by atoms with Crippen molar-refractivity contribution in [3.8, 4) is 16.8 Å². The molecule has 0 aliphatic carbocycles. The number of fused-ring (bicyclic) bond motifs is 1. The third-order valence-corrected chi connectivity index (χ3v) is 6.35. The molecular formula is C29H25ClN4O2. The first-order valence-corrected chi connectivity index (χ1v) is 12.1. The lowest BCUT2D eigenvalue weighted by Crippen LogP contribution is -2.11. The molecule has 3 aromatic carbocycles. The maximum absolute atomic E-state index is 13.4. The molecule has 180 valence electrons. The van der Waals surface area contributed by atoms with Gasteiger partial charge in [0, 0.05) is 16.0 Å². The first-order chi connectivity index (χ1) is 17.4. The molecule has 0 bridgehead atoms. The molecule has 0 N–H and O–H groups in total. The summed E-state index contributed by atoms with van der Waals surface area (Å²) >= 11 is 6.31. The summed E-state index contributed by atoms with van der Waals surface area (Å²) in [5.41, 5.74) is 6.09. The molecule has 36 heavy (non-hydrogen) atoms. The topological polar surface area (TPSA) is 69.9 Å². The molecule has 0 radical (unpaired) electrons. The summed E-state index contributed by atoms with van der Waals surface area (Å²) in [6, 6.07) is 23.4. The first-order valence-electron chi connectivity index (χ1n) is 11.7. The van der Waals surface area contributed by atoms with Crippen LogP contribution in [0.2, 0.25) is 5.02 Å². The monoisotopic (exact) mass is 496 g/mol. The second kappa shape index (κ2) is 9.91. The number of benzene rings is 3. The minimum atomic E-state index is -0.475. The van der Waals surface area contributed by atoms with E-state index < -0.39 is 5.97 Å².